The summed E-state index contributed by atoms with van der Waals surface area (Å²) in [5.74, 6) is 1.93. The van der Waals surface area contributed by atoms with Crippen LogP contribution < -0.4 is 5.32 Å². The predicted molar refractivity (Wildman–Crippen MR) is 87.7 cm³/mol. The number of fused-ring (bicyclic) bond motifs is 1. The van der Waals surface area contributed by atoms with Crippen LogP contribution in [-0.2, 0) is 32.0 Å². The van der Waals surface area contributed by atoms with Gasteiger partial charge in [-0.15, -0.1) is 0 Å². The van der Waals surface area contributed by atoms with Gasteiger partial charge >= 0.3 is 0 Å². The van der Waals surface area contributed by atoms with Crippen LogP contribution in [0.3, 0.4) is 0 Å². The average molecular weight is 301 g/mol. The van der Waals surface area contributed by atoms with E-state index in [0.717, 1.165) is 26.1 Å². The molecule has 1 aliphatic heterocycles. The molecule has 0 saturated heterocycles. The van der Waals surface area contributed by atoms with Crippen LogP contribution in [0, 0.1) is 5.92 Å². The molecule has 0 spiro atoms. The van der Waals surface area contributed by atoms with E-state index in [-0.39, 0.29) is 5.41 Å². The molecule has 22 heavy (non-hydrogen) atoms. The van der Waals surface area contributed by atoms with Crippen LogP contribution in [-0.4, -0.2) is 25.9 Å². The van der Waals surface area contributed by atoms with Gasteiger partial charge in [0.25, 0.3) is 0 Å². The molecule has 5 nitrogen and oxygen atoms in total. The van der Waals surface area contributed by atoms with Crippen LogP contribution in [0.1, 0.15) is 44.3 Å². The summed E-state index contributed by atoms with van der Waals surface area (Å²) in [6.07, 6.45) is 8.47. The van der Waals surface area contributed by atoms with Gasteiger partial charge in [-0.1, -0.05) is 20.8 Å². The average Bonchev–Trinajstić information content (AvgIpc) is 3.04. The first-order valence-electron chi connectivity index (χ1n) is 8.17. The van der Waals surface area contributed by atoms with Crippen molar-refractivity contribution in [3.8, 4) is 0 Å². The highest BCUT2D eigenvalue weighted by Gasteiger charge is 2.22. The van der Waals surface area contributed by atoms with Gasteiger partial charge in [-0.05, 0) is 18.9 Å². The highest BCUT2D eigenvalue weighted by Crippen LogP contribution is 2.24. The molecular formula is C17H27N5. The van der Waals surface area contributed by atoms with Gasteiger partial charge in [-0.3, -0.25) is 4.68 Å². The van der Waals surface area contributed by atoms with Gasteiger partial charge in [0.15, 0.2) is 0 Å². The van der Waals surface area contributed by atoms with Crippen molar-refractivity contribution in [1.29, 1.82) is 0 Å². The maximum Gasteiger partial charge on any atom is 0.108 e. The number of aryl methyl sites for hydroxylation is 2. The predicted octanol–water partition coefficient (Wildman–Crippen LogP) is 2.27. The van der Waals surface area contributed by atoms with Crippen molar-refractivity contribution in [3.63, 3.8) is 0 Å². The van der Waals surface area contributed by atoms with Gasteiger partial charge < -0.3 is 9.88 Å². The van der Waals surface area contributed by atoms with E-state index < -0.39 is 0 Å². The van der Waals surface area contributed by atoms with E-state index in [4.69, 9.17) is 0 Å². The van der Waals surface area contributed by atoms with Crippen molar-refractivity contribution in [3.05, 3.63) is 35.7 Å². The van der Waals surface area contributed by atoms with E-state index in [0.29, 0.717) is 5.92 Å². The minimum Gasteiger partial charge on any atom is -0.335 e. The largest absolute Gasteiger partial charge is 0.335 e. The van der Waals surface area contributed by atoms with E-state index in [9.17, 15) is 0 Å². The van der Waals surface area contributed by atoms with Crippen LogP contribution in [0.5, 0.6) is 0 Å². The summed E-state index contributed by atoms with van der Waals surface area (Å²) in [6, 6.07) is 0. The fraction of sp³-hybridized carbons (Fsp3) is 0.647. The molecule has 0 bridgehead atoms. The lowest BCUT2D eigenvalue weighted by molar-refractivity contribution is 0.347. The summed E-state index contributed by atoms with van der Waals surface area (Å²) < 4.78 is 4.22. The van der Waals surface area contributed by atoms with Gasteiger partial charge in [0.05, 0.1) is 5.69 Å². The highest BCUT2D eigenvalue weighted by molar-refractivity contribution is 5.23. The molecule has 0 radical (unpaired) electrons. The van der Waals surface area contributed by atoms with E-state index in [1.807, 2.05) is 17.9 Å². The van der Waals surface area contributed by atoms with Crippen molar-refractivity contribution < 1.29 is 0 Å². The van der Waals surface area contributed by atoms with Crippen molar-refractivity contribution in [2.75, 3.05) is 6.54 Å². The maximum absolute atomic E-state index is 4.63. The molecule has 2 aromatic heterocycles. The van der Waals surface area contributed by atoms with Crippen molar-refractivity contribution >= 4 is 0 Å². The second-order valence-electron chi connectivity index (χ2n) is 7.46. The first kappa shape index (κ1) is 15.3. The third-order valence-electron chi connectivity index (χ3n) is 4.40. The molecule has 1 aliphatic rings. The SMILES string of the molecule is Cn1cc(CNC[C@@H]2CCc3nccn3C2)c(C(C)(C)C)n1. The molecule has 120 valence electrons. The van der Waals surface area contributed by atoms with Gasteiger partial charge in [0, 0.05) is 56.1 Å². The molecule has 2 aromatic rings. The molecule has 0 fully saturated rings. The Morgan fingerprint density at radius 1 is 1.36 bits per heavy atom. The topological polar surface area (TPSA) is 47.7 Å². The normalized spacial score (nSPS) is 18.5. The Morgan fingerprint density at radius 2 is 2.18 bits per heavy atom. The van der Waals surface area contributed by atoms with Gasteiger partial charge in [0.1, 0.15) is 5.82 Å². The fourth-order valence-corrected chi connectivity index (χ4v) is 3.31. The Kier molecular flexibility index (Phi) is 4.08. The zero-order valence-electron chi connectivity index (χ0n) is 14.1. The first-order valence-corrected chi connectivity index (χ1v) is 8.17. The van der Waals surface area contributed by atoms with Crippen LogP contribution >= 0.6 is 0 Å². The minimum absolute atomic E-state index is 0.0921. The van der Waals surface area contributed by atoms with Gasteiger partial charge in [-0.25, -0.2) is 4.98 Å². The Morgan fingerprint density at radius 3 is 2.95 bits per heavy atom. The molecule has 0 aromatic carbocycles. The zero-order valence-corrected chi connectivity index (χ0v) is 14.1. The maximum atomic E-state index is 4.63. The number of rotatable bonds is 4. The van der Waals surface area contributed by atoms with Crippen LogP contribution in [0.2, 0.25) is 0 Å². The summed E-state index contributed by atoms with van der Waals surface area (Å²) in [4.78, 5) is 4.39. The highest BCUT2D eigenvalue weighted by atomic mass is 15.3. The number of nitrogens with zero attached hydrogens (tertiary/aromatic N) is 4. The van der Waals surface area contributed by atoms with Crippen LogP contribution in [0.15, 0.2) is 18.6 Å². The molecule has 0 aliphatic carbocycles. The fourth-order valence-electron chi connectivity index (χ4n) is 3.31. The molecule has 1 N–H and O–H groups in total. The number of hydrogen-bond acceptors (Lipinski definition) is 3. The molecule has 0 unspecified atom stereocenters. The summed E-state index contributed by atoms with van der Waals surface area (Å²) in [6.45, 7) is 9.70. The van der Waals surface area contributed by atoms with Gasteiger partial charge in [-0.2, -0.15) is 5.10 Å². The van der Waals surface area contributed by atoms with E-state index in [2.05, 4.69) is 53.1 Å². The molecule has 5 heteroatoms. The summed E-state index contributed by atoms with van der Waals surface area (Å²) in [5.41, 5.74) is 2.60. The molecule has 0 amide bonds. The summed E-state index contributed by atoms with van der Waals surface area (Å²) >= 11 is 0. The second-order valence-corrected chi connectivity index (χ2v) is 7.46. The molecule has 3 heterocycles. The van der Waals surface area contributed by atoms with Crippen molar-refractivity contribution in [2.24, 2.45) is 13.0 Å². The van der Waals surface area contributed by atoms with E-state index in [1.54, 1.807) is 0 Å². The molecular weight excluding hydrogens is 274 g/mol. The minimum atomic E-state index is 0.0921. The molecule has 3 rings (SSSR count). The Balaban J connectivity index is 1.56. The number of hydrogen-bond donors (Lipinski definition) is 1. The molecule has 0 saturated carbocycles. The lowest BCUT2D eigenvalue weighted by Crippen LogP contribution is -2.30. The molecule has 1 atom stereocenters. The standard InChI is InChI=1S/C17H27N5/c1-17(2,3)16-14(12-21(4)20-16)10-18-9-13-5-6-15-19-7-8-22(15)11-13/h7-8,12-13,18H,5-6,9-11H2,1-4H3/t13-/m0/s1. The van der Waals surface area contributed by atoms with Crippen LogP contribution in [0.25, 0.3) is 0 Å². The zero-order chi connectivity index (χ0) is 15.7. The van der Waals surface area contributed by atoms with Crippen molar-refractivity contribution in [2.45, 2.75) is 52.1 Å². The summed E-state index contributed by atoms with van der Waals surface area (Å²) in [5, 5.41) is 8.27. The quantitative estimate of drug-likeness (QED) is 0.942. The second kappa shape index (κ2) is 5.88. The Bertz CT molecular complexity index is 632. The number of aromatic nitrogens is 4. The first-order chi connectivity index (χ1) is 10.4. The summed E-state index contributed by atoms with van der Waals surface area (Å²) in [7, 11) is 2.00. The number of imidazole rings is 1. The Labute approximate surface area is 132 Å². The van der Waals surface area contributed by atoms with Crippen LogP contribution in [0.4, 0.5) is 0 Å². The lowest BCUT2D eigenvalue weighted by atomic mass is 9.89. The monoisotopic (exact) mass is 301 g/mol. The van der Waals surface area contributed by atoms with Crippen molar-refractivity contribution in [1.82, 2.24) is 24.6 Å². The number of nitrogens with one attached hydrogen (secondary N) is 1. The lowest BCUT2D eigenvalue weighted by Gasteiger charge is -2.24. The Hall–Kier alpha value is -1.62. The van der Waals surface area contributed by atoms with E-state index in [1.165, 1.54) is 23.5 Å². The van der Waals surface area contributed by atoms with E-state index >= 15 is 0 Å². The third kappa shape index (κ3) is 3.24. The third-order valence-corrected chi connectivity index (χ3v) is 4.40. The van der Waals surface area contributed by atoms with Gasteiger partial charge in [0.2, 0.25) is 0 Å². The smallest absolute Gasteiger partial charge is 0.108 e.